The van der Waals surface area contributed by atoms with Gasteiger partial charge >= 0.3 is 0 Å². The van der Waals surface area contributed by atoms with Crippen LogP contribution in [0.1, 0.15) is 75.3 Å². The van der Waals surface area contributed by atoms with Crippen molar-refractivity contribution in [1.82, 2.24) is 15.2 Å². The molecule has 1 heterocycles. The summed E-state index contributed by atoms with van der Waals surface area (Å²) in [7, 11) is 0. The highest BCUT2D eigenvalue weighted by molar-refractivity contribution is 7.09. The van der Waals surface area contributed by atoms with Crippen LogP contribution in [0.3, 0.4) is 0 Å². The summed E-state index contributed by atoms with van der Waals surface area (Å²) < 4.78 is 0. The number of nitrogens with one attached hydrogen (secondary N) is 1. The van der Waals surface area contributed by atoms with E-state index in [1.54, 1.807) is 5.38 Å². The van der Waals surface area contributed by atoms with Crippen LogP contribution < -0.4 is 5.32 Å². The zero-order chi connectivity index (χ0) is 17.7. The van der Waals surface area contributed by atoms with Crippen molar-refractivity contribution >= 4 is 23.2 Å². The van der Waals surface area contributed by atoms with Gasteiger partial charge in [0.25, 0.3) is 5.91 Å². The number of carbonyl (C=O) groups is 2. The molecule has 1 fully saturated rings. The van der Waals surface area contributed by atoms with Gasteiger partial charge in [-0.05, 0) is 40.5 Å². The molecular formula is C18H29N3O2S. The molecule has 2 rings (SSSR count). The molecule has 1 aromatic rings. The molecule has 1 N–H and O–H groups in total. The van der Waals surface area contributed by atoms with Crippen LogP contribution in [0.25, 0.3) is 0 Å². The van der Waals surface area contributed by atoms with Gasteiger partial charge in [-0.3, -0.25) is 9.59 Å². The highest BCUT2D eigenvalue weighted by Gasteiger charge is 2.28. The fourth-order valence-corrected chi connectivity index (χ4v) is 3.84. The fourth-order valence-electron chi connectivity index (χ4n) is 3.07. The van der Waals surface area contributed by atoms with Crippen molar-refractivity contribution in [2.24, 2.45) is 5.92 Å². The van der Waals surface area contributed by atoms with E-state index in [2.05, 4.69) is 10.3 Å². The summed E-state index contributed by atoms with van der Waals surface area (Å²) in [5.74, 6) is 0.250. The van der Waals surface area contributed by atoms with Gasteiger partial charge in [0.2, 0.25) is 5.91 Å². The van der Waals surface area contributed by atoms with Crippen LogP contribution in [-0.4, -0.2) is 33.8 Å². The lowest BCUT2D eigenvalue weighted by Crippen LogP contribution is -2.41. The van der Waals surface area contributed by atoms with E-state index in [1.807, 2.05) is 32.6 Å². The molecule has 0 bridgehead atoms. The number of thiazole rings is 1. The zero-order valence-electron chi connectivity index (χ0n) is 15.2. The van der Waals surface area contributed by atoms with Crippen LogP contribution in [0.15, 0.2) is 5.38 Å². The topological polar surface area (TPSA) is 62.3 Å². The maximum atomic E-state index is 12.9. The Morgan fingerprint density at radius 3 is 2.50 bits per heavy atom. The van der Waals surface area contributed by atoms with E-state index in [0.29, 0.717) is 12.2 Å². The van der Waals surface area contributed by atoms with Crippen LogP contribution in [0.4, 0.5) is 0 Å². The Kier molecular flexibility index (Phi) is 6.78. The Balaban J connectivity index is 2.04. The van der Waals surface area contributed by atoms with Crippen molar-refractivity contribution in [1.29, 1.82) is 0 Å². The molecule has 1 aromatic heterocycles. The molecule has 0 atom stereocenters. The van der Waals surface area contributed by atoms with Gasteiger partial charge in [0, 0.05) is 23.4 Å². The molecule has 0 radical (unpaired) electrons. The quantitative estimate of drug-likeness (QED) is 0.852. The first-order valence-electron chi connectivity index (χ1n) is 8.94. The van der Waals surface area contributed by atoms with Crippen LogP contribution >= 0.6 is 11.3 Å². The maximum Gasteiger partial charge on any atom is 0.270 e. The van der Waals surface area contributed by atoms with Gasteiger partial charge in [-0.2, -0.15) is 0 Å². The minimum Gasteiger partial charge on any atom is -0.349 e. The maximum absolute atomic E-state index is 12.9. The van der Waals surface area contributed by atoms with E-state index < -0.39 is 0 Å². The lowest BCUT2D eigenvalue weighted by Gasteiger charge is -2.31. The molecule has 24 heavy (non-hydrogen) atoms. The molecule has 1 aliphatic rings. The fraction of sp³-hybridized carbons (Fsp3) is 0.722. The highest BCUT2D eigenvalue weighted by atomic mass is 32.1. The molecule has 0 aliphatic heterocycles. The normalized spacial score (nSPS) is 15.8. The smallest absolute Gasteiger partial charge is 0.270 e. The molecule has 6 heteroatoms. The molecule has 5 nitrogen and oxygen atoms in total. The van der Waals surface area contributed by atoms with Crippen LogP contribution in [-0.2, 0) is 11.3 Å². The average molecular weight is 352 g/mol. The van der Waals surface area contributed by atoms with Crippen molar-refractivity contribution in [3.05, 3.63) is 16.1 Å². The third-order valence-electron chi connectivity index (χ3n) is 4.37. The minimum atomic E-state index is -0.151. The predicted octanol–water partition coefficient (Wildman–Crippen LogP) is 3.60. The van der Waals surface area contributed by atoms with Gasteiger partial charge in [0.1, 0.15) is 10.7 Å². The molecule has 0 aromatic carbocycles. The third kappa shape index (κ3) is 5.03. The first-order chi connectivity index (χ1) is 11.4. The SMILES string of the molecule is CC(C)NC(=O)c1csc(CN(C(=O)C2CCCCC2)C(C)C)n1. The van der Waals surface area contributed by atoms with E-state index in [0.717, 1.165) is 30.7 Å². The van der Waals surface area contributed by atoms with E-state index in [9.17, 15) is 9.59 Å². The van der Waals surface area contributed by atoms with Gasteiger partial charge in [-0.1, -0.05) is 19.3 Å². The van der Waals surface area contributed by atoms with Gasteiger partial charge < -0.3 is 10.2 Å². The van der Waals surface area contributed by atoms with E-state index in [1.165, 1.54) is 17.8 Å². The first-order valence-corrected chi connectivity index (χ1v) is 9.82. The molecule has 1 saturated carbocycles. The Hall–Kier alpha value is -1.43. The number of rotatable bonds is 6. The molecule has 1 aliphatic carbocycles. The first kappa shape index (κ1) is 18.9. The van der Waals surface area contributed by atoms with Crippen molar-refractivity contribution < 1.29 is 9.59 Å². The van der Waals surface area contributed by atoms with Crippen molar-refractivity contribution in [2.75, 3.05) is 0 Å². The zero-order valence-corrected chi connectivity index (χ0v) is 16.0. The molecule has 0 spiro atoms. The summed E-state index contributed by atoms with van der Waals surface area (Å²) in [6.07, 6.45) is 5.55. The van der Waals surface area contributed by atoms with Gasteiger partial charge in [-0.15, -0.1) is 11.3 Å². The van der Waals surface area contributed by atoms with Crippen molar-refractivity contribution in [3.8, 4) is 0 Å². The summed E-state index contributed by atoms with van der Waals surface area (Å²) in [5, 5.41) is 5.44. The summed E-state index contributed by atoms with van der Waals surface area (Å²) in [6, 6.07) is 0.221. The van der Waals surface area contributed by atoms with E-state index in [4.69, 9.17) is 0 Å². The molecule has 0 unspecified atom stereocenters. The number of hydrogen-bond acceptors (Lipinski definition) is 4. The molecule has 2 amide bonds. The molecular weight excluding hydrogens is 322 g/mol. The van der Waals surface area contributed by atoms with Gasteiger partial charge in [-0.25, -0.2) is 4.98 Å². The van der Waals surface area contributed by atoms with E-state index >= 15 is 0 Å². The average Bonchev–Trinajstić information content (AvgIpc) is 3.01. The largest absolute Gasteiger partial charge is 0.349 e. The number of nitrogens with zero attached hydrogens (tertiary/aromatic N) is 2. The Bertz CT molecular complexity index is 562. The van der Waals surface area contributed by atoms with Crippen LogP contribution in [0, 0.1) is 5.92 Å². The monoisotopic (exact) mass is 351 g/mol. The predicted molar refractivity (Wildman–Crippen MR) is 97.0 cm³/mol. The minimum absolute atomic E-state index is 0.0858. The lowest BCUT2D eigenvalue weighted by atomic mass is 9.88. The van der Waals surface area contributed by atoms with Gasteiger partial charge in [0.05, 0.1) is 6.54 Å². The number of aromatic nitrogens is 1. The lowest BCUT2D eigenvalue weighted by molar-refractivity contribution is -0.139. The summed E-state index contributed by atoms with van der Waals surface area (Å²) in [6.45, 7) is 8.43. The summed E-state index contributed by atoms with van der Waals surface area (Å²) >= 11 is 1.45. The third-order valence-corrected chi connectivity index (χ3v) is 5.20. The Morgan fingerprint density at radius 1 is 1.25 bits per heavy atom. The van der Waals surface area contributed by atoms with Crippen LogP contribution in [0.2, 0.25) is 0 Å². The Morgan fingerprint density at radius 2 is 1.92 bits per heavy atom. The number of hydrogen-bond donors (Lipinski definition) is 1. The van der Waals surface area contributed by atoms with Gasteiger partial charge in [0.15, 0.2) is 0 Å². The summed E-state index contributed by atoms with van der Waals surface area (Å²) in [4.78, 5) is 31.2. The second kappa shape index (κ2) is 8.60. The second-order valence-electron chi connectivity index (χ2n) is 7.15. The molecule has 0 saturated heterocycles. The summed E-state index contributed by atoms with van der Waals surface area (Å²) in [5.41, 5.74) is 0.442. The highest BCUT2D eigenvalue weighted by Crippen LogP contribution is 2.27. The number of amides is 2. The van der Waals surface area contributed by atoms with Crippen LogP contribution in [0.5, 0.6) is 0 Å². The van der Waals surface area contributed by atoms with Crippen molar-refractivity contribution in [3.63, 3.8) is 0 Å². The standard InChI is InChI=1S/C18H29N3O2S/c1-12(2)19-17(22)15-11-24-16(20-15)10-21(13(3)4)18(23)14-8-6-5-7-9-14/h11-14H,5-10H2,1-4H3,(H,19,22). The Labute approximate surface area is 148 Å². The number of carbonyl (C=O) groups excluding carboxylic acids is 2. The second-order valence-corrected chi connectivity index (χ2v) is 8.09. The van der Waals surface area contributed by atoms with E-state index in [-0.39, 0.29) is 29.8 Å². The van der Waals surface area contributed by atoms with Crippen molar-refractivity contribution in [2.45, 2.75) is 78.4 Å². The molecule has 134 valence electrons.